The highest BCUT2D eigenvalue weighted by atomic mass is 19.1. The molecule has 1 atom stereocenters. The number of esters is 1. The highest BCUT2D eigenvalue weighted by Crippen LogP contribution is 2.14. The fourth-order valence-corrected chi connectivity index (χ4v) is 2.41. The van der Waals surface area contributed by atoms with Gasteiger partial charge in [-0.05, 0) is 42.7 Å². The van der Waals surface area contributed by atoms with E-state index >= 15 is 0 Å². The van der Waals surface area contributed by atoms with Gasteiger partial charge in [0.15, 0.2) is 0 Å². The summed E-state index contributed by atoms with van der Waals surface area (Å²) in [4.78, 5) is 24.2. The van der Waals surface area contributed by atoms with Gasteiger partial charge in [0.2, 0.25) is 0 Å². The molecule has 6 heteroatoms. The van der Waals surface area contributed by atoms with E-state index in [1.807, 2.05) is 32.0 Å². The van der Waals surface area contributed by atoms with Gasteiger partial charge in [0.1, 0.15) is 17.7 Å². The fourth-order valence-electron chi connectivity index (χ4n) is 2.41. The Morgan fingerprint density at radius 2 is 1.80 bits per heavy atom. The van der Waals surface area contributed by atoms with Crippen molar-refractivity contribution in [3.8, 4) is 0 Å². The molecule has 2 aromatic carbocycles. The van der Waals surface area contributed by atoms with Crippen LogP contribution in [0.1, 0.15) is 27.0 Å². The molecule has 0 unspecified atom stereocenters. The summed E-state index contributed by atoms with van der Waals surface area (Å²) < 4.78 is 31.4. The van der Waals surface area contributed by atoms with E-state index in [1.54, 1.807) is 0 Å². The molecule has 0 aliphatic rings. The lowest BCUT2D eigenvalue weighted by molar-refractivity contribution is -0.142. The highest BCUT2D eigenvalue weighted by Gasteiger charge is 2.24. The summed E-state index contributed by atoms with van der Waals surface area (Å²) in [6.07, 6.45) is 0.197. The molecule has 0 saturated carbocycles. The minimum atomic E-state index is -0.993. The molecule has 0 aliphatic heterocycles. The Hall–Kier alpha value is -2.76. The van der Waals surface area contributed by atoms with Gasteiger partial charge in [0.25, 0.3) is 5.91 Å². The Bertz CT molecular complexity index is 805. The highest BCUT2D eigenvalue weighted by molar-refractivity contribution is 5.97. The molecule has 25 heavy (non-hydrogen) atoms. The first-order valence-corrected chi connectivity index (χ1v) is 7.71. The number of hydrogen-bond acceptors (Lipinski definition) is 3. The average molecular weight is 347 g/mol. The van der Waals surface area contributed by atoms with Gasteiger partial charge in [-0.3, -0.25) is 4.79 Å². The van der Waals surface area contributed by atoms with Gasteiger partial charge in [-0.25, -0.2) is 13.6 Å². The molecule has 0 aromatic heterocycles. The second-order valence-electron chi connectivity index (χ2n) is 5.80. The summed E-state index contributed by atoms with van der Waals surface area (Å²) in [5.41, 5.74) is 2.65. The van der Waals surface area contributed by atoms with Gasteiger partial charge < -0.3 is 10.1 Å². The van der Waals surface area contributed by atoms with Crippen molar-refractivity contribution in [3.63, 3.8) is 0 Å². The number of nitrogens with one attached hydrogen (secondary N) is 1. The number of amides is 1. The summed E-state index contributed by atoms with van der Waals surface area (Å²) in [6.45, 7) is 3.91. The average Bonchev–Trinajstić information content (AvgIpc) is 2.56. The standard InChI is InChI=1S/C19H19F2NO3/c1-11-4-5-13(8-12(11)2)9-17(19(24)25-3)22-18(23)15-7-6-14(20)10-16(15)21/h4-8,10,17H,9H2,1-3H3,(H,22,23)/t17-/m0/s1. The summed E-state index contributed by atoms with van der Waals surface area (Å²) in [5.74, 6) is -3.23. The molecule has 4 nitrogen and oxygen atoms in total. The van der Waals surface area contributed by atoms with Crippen LogP contribution in [0.15, 0.2) is 36.4 Å². The van der Waals surface area contributed by atoms with Crippen LogP contribution in [0.25, 0.3) is 0 Å². The van der Waals surface area contributed by atoms with E-state index in [2.05, 4.69) is 5.32 Å². The van der Waals surface area contributed by atoms with Crippen molar-refractivity contribution in [1.29, 1.82) is 0 Å². The van der Waals surface area contributed by atoms with Gasteiger partial charge >= 0.3 is 5.97 Å². The minimum Gasteiger partial charge on any atom is -0.467 e. The molecule has 2 aromatic rings. The summed E-state index contributed by atoms with van der Waals surface area (Å²) in [7, 11) is 1.21. The van der Waals surface area contributed by atoms with Crippen LogP contribution in [0, 0.1) is 25.5 Å². The Labute approximate surface area is 144 Å². The topological polar surface area (TPSA) is 55.4 Å². The Morgan fingerprint density at radius 1 is 1.08 bits per heavy atom. The van der Waals surface area contributed by atoms with Crippen molar-refractivity contribution in [3.05, 3.63) is 70.3 Å². The monoisotopic (exact) mass is 347 g/mol. The number of aryl methyl sites for hydroxylation is 2. The third kappa shape index (κ3) is 4.62. The first kappa shape index (κ1) is 18.6. The second kappa shape index (κ2) is 7.88. The van der Waals surface area contributed by atoms with E-state index in [0.717, 1.165) is 28.8 Å². The fraction of sp³-hybridized carbons (Fsp3) is 0.263. The quantitative estimate of drug-likeness (QED) is 0.846. The zero-order valence-electron chi connectivity index (χ0n) is 14.2. The van der Waals surface area contributed by atoms with E-state index in [9.17, 15) is 18.4 Å². The predicted octanol–water partition coefficient (Wildman–Crippen LogP) is 3.10. The normalized spacial score (nSPS) is 11.7. The summed E-state index contributed by atoms with van der Waals surface area (Å²) >= 11 is 0. The largest absolute Gasteiger partial charge is 0.467 e. The first-order chi connectivity index (χ1) is 11.8. The molecule has 0 bridgehead atoms. The van der Waals surface area contributed by atoms with Gasteiger partial charge in [-0.1, -0.05) is 18.2 Å². The van der Waals surface area contributed by atoms with Crippen molar-refractivity contribution < 1.29 is 23.1 Å². The van der Waals surface area contributed by atoms with Crippen LogP contribution in [0.2, 0.25) is 0 Å². The van der Waals surface area contributed by atoms with Crippen LogP contribution >= 0.6 is 0 Å². The maximum atomic E-state index is 13.7. The Morgan fingerprint density at radius 3 is 2.40 bits per heavy atom. The number of hydrogen-bond donors (Lipinski definition) is 1. The van der Waals surface area contributed by atoms with Gasteiger partial charge in [-0.2, -0.15) is 0 Å². The van der Waals surface area contributed by atoms with Gasteiger partial charge in [0, 0.05) is 12.5 Å². The molecular formula is C19H19F2NO3. The summed E-state index contributed by atoms with van der Waals surface area (Å²) in [6, 6.07) is 7.33. The van der Waals surface area contributed by atoms with Crippen LogP contribution in [0.5, 0.6) is 0 Å². The van der Waals surface area contributed by atoms with Crippen molar-refractivity contribution in [2.45, 2.75) is 26.3 Å². The van der Waals surface area contributed by atoms with Crippen LogP contribution < -0.4 is 5.32 Å². The SMILES string of the molecule is COC(=O)[C@H](Cc1ccc(C)c(C)c1)NC(=O)c1ccc(F)cc1F. The van der Waals surface area contributed by atoms with Crippen LogP contribution in [-0.2, 0) is 16.0 Å². The lowest BCUT2D eigenvalue weighted by Crippen LogP contribution is -2.43. The number of carbonyl (C=O) groups excluding carboxylic acids is 2. The third-order valence-electron chi connectivity index (χ3n) is 3.98. The molecule has 0 radical (unpaired) electrons. The molecule has 0 spiro atoms. The first-order valence-electron chi connectivity index (χ1n) is 7.71. The molecule has 2 rings (SSSR count). The summed E-state index contributed by atoms with van der Waals surface area (Å²) in [5, 5.41) is 2.45. The van der Waals surface area contributed by atoms with E-state index in [1.165, 1.54) is 7.11 Å². The van der Waals surface area contributed by atoms with Crippen LogP contribution in [0.4, 0.5) is 8.78 Å². The van der Waals surface area contributed by atoms with Crippen LogP contribution in [0.3, 0.4) is 0 Å². The molecule has 0 aliphatic carbocycles. The Kier molecular flexibility index (Phi) is 5.85. The molecule has 1 amide bonds. The van der Waals surface area contributed by atoms with Crippen LogP contribution in [-0.4, -0.2) is 25.0 Å². The number of rotatable bonds is 5. The van der Waals surface area contributed by atoms with E-state index < -0.39 is 29.6 Å². The molecule has 0 saturated heterocycles. The zero-order chi connectivity index (χ0) is 18.6. The number of benzene rings is 2. The lowest BCUT2D eigenvalue weighted by atomic mass is 10.0. The number of ether oxygens (including phenoxy) is 1. The van der Waals surface area contributed by atoms with Gasteiger partial charge in [-0.15, -0.1) is 0 Å². The molecule has 0 fully saturated rings. The molecule has 0 heterocycles. The number of carbonyl (C=O) groups is 2. The van der Waals surface area contributed by atoms with Gasteiger partial charge in [0.05, 0.1) is 12.7 Å². The van der Waals surface area contributed by atoms with Crippen molar-refractivity contribution in [1.82, 2.24) is 5.32 Å². The Balaban J connectivity index is 2.21. The van der Waals surface area contributed by atoms with Crippen molar-refractivity contribution >= 4 is 11.9 Å². The van der Waals surface area contributed by atoms with E-state index in [-0.39, 0.29) is 12.0 Å². The molecule has 132 valence electrons. The second-order valence-corrected chi connectivity index (χ2v) is 5.80. The lowest BCUT2D eigenvalue weighted by Gasteiger charge is -2.17. The van der Waals surface area contributed by atoms with Crippen molar-refractivity contribution in [2.24, 2.45) is 0 Å². The number of methoxy groups -OCH3 is 1. The zero-order valence-corrected chi connectivity index (χ0v) is 14.2. The maximum absolute atomic E-state index is 13.7. The smallest absolute Gasteiger partial charge is 0.328 e. The molecule has 1 N–H and O–H groups in total. The van der Waals surface area contributed by atoms with E-state index in [4.69, 9.17) is 4.74 Å². The van der Waals surface area contributed by atoms with E-state index in [0.29, 0.717) is 6.07 Å². The molecular weight excluding hydrogens is 328 g/mol. The maximum Gasteiger partial charge on any atom is 0.328 e. The minimum absolute atomic E-state index is 0.197. The number of halogens is 2. The predicted molar refractivity (Wildman–Crippen MR) is 89.2 cm³/mol. The third-order valence-corrected chi connectivity index (χ3v) is 3.98. The van der Waals surface area contributed by atoms with Crippen molar-refractivity contribution in [2.75, 3.05) is 7.11 Å².